The van der Waals surface area contributed by atoms with E-state index >= 15 is 0 Å². The topological polar surface area (TPSA) is 64.7 Å². The van der Waals surface area contributed by atoms with Crippen molar-refractivity contribution in [3.05, 3.63) is 29.3 Å². The number of amides is 3. The third-order valence-corrected chi connectivity index (χ3v) is 4.54. The summed E-state index contributed by atoms with van der Waals surface area (Å²) in [5, 5.41) is 6.61. The average molecular weight is 337 g/mol. The molecule has 2 fully saturated rings. The monoisotopic (exact) mass is 336 g/mol. The van der Waals surface area contributed by atoms with Crippen LogP contribution in [0.25, 0.3) is 0 Å². The highest BCUT2D eigenvalue weighted by Gasteiger charge is 2.33. The van der Waals surface area contributed by atoms with Crippen LogP contribution in [0, 0.1) is 0 Å². The molecule has 2 aliphatic heterocycles. The zero-order valence-corrected chi connectivity index (χ0v) is 13.8. The van der Waals surface area contributed by atoms with Gasteiger partial charge in [0.2, 0.25) is 5.91 Å². The van der Waals surface area contributed by atoms with Gasteiger partial charge in [-0.15, -0.1) is 0 Å². The fourth-order valence-electron chi connectivity index (χ4n) is 3.05. The van der Waals surface area contributed by atoms with Crippen molar-refractivity contribution in [1.29, 1.82) is 0 Å². The summed E-state index contributed by atoms with van der Waals surface area (Å²) in [4.78, 5) is 27.1. The molecule has 2 N–H and O–H groups in total. The Bertz CT molecular complexity index is 586. The van der Waals surface area contributed by atoms with Gasteiger partial charge < -0.3 is 20.4 Å². The standard InChI is InChI=1S/C16H21ClN4O2/c1-11(22)18-14-9-21(10-14)16(23)19-13-6-7-20(8-13)15-4-2-12(17)3-5-15/h2-5,13-14H,6-10H2,1H3,(H,18,22)(H,19,23)/t13-/m0/s1. The minimum atomic E-state index is -0.0514. The fourth-order valence-corrected chi connectivity index (χ4v) is 3.18. The van der Waals surface area contributed by atoms with E-state index < -0.39 is 0 Å². The van der Waals surface area contributed by atoms with Gasteiger partial charge in [0.1, 0.15) is 0 Å². The molecular weight excluding hydrogens is 316 g/mol. The zero-order valence-electron chi connectivity index (χ0n) is 13.1. The summed E-state index contributed by atoms with van der Waals surface area (Å²) in [6, 6.07) is 7.95. The Morgan fingerprint density at radius 1 is 1.09 bits per heavy atom. The van der Waals surface area contributed by atoms with E-state index in [0.717, 1.165) is 30.2 Å². The molecule has 0 aromatic heterocycles. The van der Waals surface area contributed by atoms with Crippen molar-refractivity contribution in [2.45, 2.75) is 25.4 Å². The number of halogens is 1. The molecule has 6 nitrogen and oxygen atoms in total. The van der Waals surface area contributed by atoms with Crippen LogP contribution in [-0.4, -0.2) is 55.1 Å². The molecule has 1 aromatic carbocycles. The average Bonchev–Trinajstić information content (AvgIpc) is 2.91. The van der Waals surface area contributed by atoms with E-state index in [9.17, 15) is 9.59 Å². The molecule has 2 aliphatic rings. The van der Waals surface area contributed by atoms with E-state index in [1.54, 1.807) is 4.90 Å². The highest BCUT2D eigenvalue weighted by atomic mass is 35.5. The van der Waals surface area contributed by atoms with Crippen LogP contribution in [-0.2, 0) is 4.79 Å². The summed E-state index contributed by atoms with van der Waals surface area (Å²) >= 11 is 5.91. The summed E-state index contributed by atoms with van der Waals surface area (Å²) in [6.07, 6.45) is 0.928. The van der Waals surface area contributed by atoms with Crippen LogP contribution in [0.15, 0.2) is 24.3 Å². The maximum Gasteiger partial charge on any atom is 0.317 e. The van der Waals surface area contributed by atoms with Crippen LogP contribution >= 0.6 is 11.6 Å². The van der Waals surface area contributed by atoms with Crippen LogP contribution in [0.2, 0.25) is 5.02 Å². The van der Waals surface area contributed by atoms with Gasteiger partial charge in [-0.05, 0) is 30.7 Å². The van der Waals surface area contributed by atoms with Crippen molar-refractivity contribution in [2.75, 3.05) is 31.1 Å². The molecule has 0 aliphatic carbocycles. The molecule has 0 radical (unpaired) electrons. The molecular formula is C16H21ClN4O2. The lowest BCUT2D eigenvalue weighted by Gasteiger charge is -2.39. The van der Waals surface area contributed by atoms with E-state index in [2.05, 4.69) is 15.5 Å². The number of nitrogens with zero attached hydrogens (tertiary/aromatic N) is 2. The van der Waals surface area contributed by atoms with Gasteiger partial charge in [0.25, 0.3) is 0 Å². The van der Waals surface area contributed by atoms with Gasteiger partial charge in [0.15, 0.2) is 0 Å². The summed E-state index contributed by atoms with van der Waals surface area (Å²) in [6.45, 7) is 4.38. The van der Waals surface area contributed by atoms with E-state index in [4.69, 9.17) is 11.6 Å². The van der Waals surface area contributed by atoms with E-state index in [1.165, 1.54) is 6.92 Å². The number of rotatable bonds is 3. The first-order valence-electron chi connectivity index (χ1n) is 7.84. The van der Waals surface area contributed by atoms with Crippen molar-refractivity contribution in [2.24, 2.45) is 0 Å². The van der Waals surface area contributed by atoms with Crippen LogP contribution in [0.1, 0.15) is 13.3 Å². The zero-order chi connectivity index (χ0) is 16.4. The lowest BCUT2D eigenvalue weighted by molar-refractivity contribution is -0.120. The van der Waals surface area contributed by atoms with Crippen molar-refractivity contribution in [3.8, 4) is 0 Å². The first kappa shape index (κ1) is 15.9. The number of urea groups is 1. The van der Waals surface area contributed by atoms with Gasteiger partial charge in [-0.25, -0.2) is 4.79 Å². The van der Waals surface area contributed by atoms with Crippen molar-refractivity contribution in [3.63, 3.8) is 0 Å². The maximum atomic E-state index is 12.2. The number of benzene rings is 1. The van der Waals surface area contributed by atoms with E-state index in [0.29, 0.717) is 13.1 Å². The molecule has 0 spiro atoms. The summed E-state index contributed by atoms with van der Waals surface area (Å²) < 4.78 is 0. The van der Waals surface area contributed by atoms with Crippen molar-refractivity contribution < 1.29 is 9.59 Å². The Hall–Kier alpha value is -1.95. The van der Waals surface area contributed by atoms with Crippen LogP contribution in [0.5, 0.6) is 0 Å². The molecule has 0 bridgehead atoms. The Labute approximate surface area is 140 Å². The fraction of sp³-hybridized carbons (Fsp3) is 0.500. The van der Waals surface area contributed by atoms with Gasteiger partial charge in [-0.1, -0.05) is 11.6 Å². The molecule has 0 unspecified atom stereocenters. The van der Waals surface area contributed by atoms with Crippen molar-refractivity contribution in [1.82, 2.24) is 15.5 Å². The summed E-state index contributed by atoms with van der Waals surface area (Å²) in [5.41, 5.74) is 1.13. The largest absolute Gasteiger partial charge is 0.369 e. The second-order valence-electron chi connectivity index (χ2n) is 6.16. The minimum absolute atomic E-state index is 0.0467. The van der Waals surface area contributed by atoms with Crippen LogP contribution < -0.4 is 15.5 Å². The molecule has 23 heavy (non-hydrogen) atoms. The quantitative estimate of drug-likeness (QED) is 0.878. The van der Waals surface area contributed by atoms with Crippen LogP contribution in [0.3, 0.4) is 0 Å². The van der Waals surface area contributed by atoms with Gasteiger partial charge >= 0.3 is 6.03 Å². The highest BCUT2D eigenvalue weighted by molar-refractivity contribution is 6.30. The Kier molecular flexibility index (Phi) is 4.61. The Morgan fingerprint density at radius 3 is 2.43 bits per heavy atom. The SMILES string of the molecule is CC(=O)NC1CN(C(=O)N[C@H]2CCN(c3ccc(Cl)cc3)C2)C1. The molecule has 1 atom stereocenters. The second kappa shape index (κ2) is 6.66. The predicted octanol–water partition coefficient (Wildman–Crippen LogP) is 1.45. The number of nitrogens with one attached hydrogen (secondary N) is 2. The third-order valence-electron chi connectivity index (χ3n) is 4.28. The number of likely N-dealkylation sites (tertiary alicyclic amines) is 1. The smallest absolute Gasteiger partial charge is 0.317 e. The van der Waals surface area contributed by atoms with Gasteiger partial charge in [0.05, 0.1) is 6.04 Å². The molecule has 124 valence electrons. The molecule has 3 rings (SSSR count). The first-order valence-corrected chi connectivity index (χ1v) is 8.22. The van der Waals surface area contributed by atoms with Crippen molar-refractivity contribution >= 4 is 29.2 Å². The lowest BCUT2D eigenvalue weighted by atomic mass is 10.1. The molecule has 2 saturated heterocycles. The third kappa shape index (κ3) is 3.88. The number of hydrogen-bond acceptors (Lipinski definition) is 3. The number of anilines is 1. The summed E-state index contributed by atoms with van der Waals surface area (Å²) in [5.74, 6) is -0.0514. The summed E-state index contributed by atoms with van der Waals surface area (Å²) in [7, 11) is 0. The number of carbonyl (C=O) groups is 2. The Balaban J connectivity index is 1.44. The van der Waals surface area contributed by atoms with Crippen LogP contribution in [0.4, 0.5) is 10.5 Å². The van der Waals surface area contributed by atoms with Gasteiger partial charge in [-0.3, -0.25) is 4.79 Å². The predicted molar refractivity (Wildman–Crippen MR) is 89.8 cm³/mol. The van der Waals surface area contributed by atoms with E-state index in [1.807, 2.05) is 24.3 Å². The molecule has 1 aromatic rings. The first-order chi connectivity index (χ1) is 11.0. The maximum absolute atomic E-state index is 12.2. The van der Waals surface area contributed by atoms with Gasteiger partial charge in [-0.2, -0.15) is 0 Å². The molecule has 0 saturated carbocycles. The molecule has 3 amide bonds. The van der Waals surface area contributed by atoms with E-state index in [-0.39, 0.29) is 24.0 Å². The molecule has 7 heteroatoms. The highest BCUT2D eigenvalue weighted by Crippen LogP contribution is 2.22. The number of carbonyl (C=O) groups excluding carboxylic acids is 2. The Morgan fingerprint density at radius 2 is 1.78 bits per heavy atom. The van der Waals surface area contributed by atoms with Gasteiger partial charge in [0, 0.05) is 49.9 Å². The lowest BCUT2D eigenvalue weighted by Crippen LogP contribution is -2.63. The second-order valence-corrected chi connectivity index (χ2v) is 6.60. The molecule has 2 heterocycles. The number of hydrogen-bond donors (Lipinski definition) is 2. The minimum Gasteiger partial charge on any atom is -0.369 e. The normalized spacial score (nSPS) is 21.0.